The quantitative estimate of drug-likeness (QED) is 0.291. The average Bonchev–Trinajstić information content (AvgIpc) is 3.28. The van der Waals surface area contributed by atoms with Crippen LogP contribution >= 0.6 is 11.5 Å². The number of aryl methyl sites for hydroxylation is 1. The van der Waals surface area contributed by atoms with Crippen LogP contribution < -0.4 is 16.0 Å². The first-order chi connectivity index (χ1) is 18.1. The second-order valence-electron chi connectivity index (χ2n) is 10.6. The molecule has 3 aliphatic heterocycles. The fourth-order valence-electron chi connectivity index (χ4n) is 5.66. The van der Waals surface area contributed by atoms with Crippen molar-refractivity contribution in [3.8, 4) is 0 Å². The van der Waals surface area contributed by atoms with Crippen molar-refractivity contribution >= 4 is 39.7 Å². The van der Waals surface area contributed by atoms with Crippen molar-refractivity contribution in [2.45, 2.75) is 76.5 Å². The first-order valence-electron chi connectivity index (χ1n) is 13.7. The van der Waals surface area contributed by atoms with Gasteiger partial charge in [0.05, 0.1) is 16.8 Å². The lowest BCUT2D eigenvalue weighted by molar-refractivity contribution is -0.111. The molecule has 37 heavy (non-hydrogen) atoms. The zero-order valence-corrected chi connectivity index (χ0v) is 23.1. The van der Waals surface area contributed by atoms with Crippen molar-refractivity contribution in [2.75, 3.05) is 50.5 Å². The summed E-state index contributed by atoms with van der Waals surface area (Å²) in [6.45, 7) is 9.42. The molecule has 0 spiro atoms. The van der Waals surface area contributed by atoms with E-state index in [-0.39, 0.29) is 0 Å². The van der Waals surface area contributed by atoms with Gasteiger partial charge in [-0.05, 0) is 64.2 Å². The molecule has 4 N–H and O–H groups in total. The SMILES string of the molecule is CCC[C@@H](CCCN1CC2[C@@H]1CN2C)Nc1nc(N/C(C=N)=C/NC2CCOCC2)nc2snc(C)c12. The van der Waals surface area contributed by atoms with Crippen LogP contribution in [0.25, 0.3) is 10.2 Å². The van der Waals surface area contributed by atoms with Crippen molar-refractivity contribution < 1.29 is 4.74 Å². The molecule has 2 aromatic heterocycles. The molecule has 3 aliphatic rings. The summed E-state index contributed by atoms with van der Waals surface area (Å²) < 4.78 is 9.99. The van der Waals surface area contributed by atoms with Crippen molar-refractivity contribution in [2.24, 2.45) is 0 Å². The van der Waals surface area contributed by atoms with Gasteiger partial charge in [0, 0.05) is 62.9 Å². The molecule has 0 radical (unpaired) electrons. The first-order valence-corrected chi connectivity index (χ1v) is 14.5. The van der Waals surface area contributed by atoms with Gasteiger partial charge >= 0.3 is 0 Å². The Hall–Kier alpha value is -2.34. The third-order valence-electron chi connectivity index (χ3n) is 7.97. The minimum Gasteiger partial charge on any atom is -0.386 e. The molecular weight excluding hydrogens is 486 g/mol. The summed E-state index contributed by atoms with van der Waals surface area (Å²) in [6, 6.07) is 2.29. The number of ether oxygens (including phenoxy) is 1. The van der Waals surface area contributed by atoms with Gasteiger partial charge in [0.15, 0.2) is 4.83 Å². The van der Waals surface area contributed by atoms with Crippen molar-refractivity contribution in [3.63, 3.8) is 0 Å². The summed E-state index contributed by atoms with van der Waals surface area (Å²) in [6.07, 6.45) is 9.59. The number of aromatic nitrogens is 3. The standard InChI is InChI=1S/C26H41N9OS/c1-4-6-19(7-5-10-35-16-21-22(35)15-34(21)3)29-24-23-17(2)33-37-25(23)32-26(31-24)30-20(13-27)14-28-18-8-11-36-12-9-18/h13-14,18-19,21-22,27-28H,4-12,15-16H2,1-3H3,(H2,29,30,31,32)/b20-14+,27-13?/t19-,21?,22-/m0/s1. The van der Waals surface area contributed by atoms with Crippen LogP contribution in [0.15, 0.2) is 11.9 Å². The number of likely N-dealkylation sites (N-methyl/N-ethyl adjacent to an activating group) is 1. The monoisotopic (exact) mass is 527 g/mol. The van der Waals surface area contributed by atoms with E-state index >= 15 is 0 Å². The minimum absolute atomic E-state index is 0.351. The molecule has 2 aromatic rings. The molecule has 0 aliphatic carbocycles. The Morgan fingerprint density at radius 1 is 1.22 bits per heavy atom. The Bertz CT molecular complexity index is 1100. The van der Waals surface area contributed by atoms with Gasteiger partial charge in [-0.15, -0.1) is 0 Å². The number of anilines is 2. The normalized spacial score (nSPS) is 23.7. The molecule has 3 saturated heterocycles. The van der Waals surface area contributed by atoms with Gasteiger partial charge in [0.25, 0.3) is 0 Å². The van der Waals surface area contributed by atoms with Crippen molar-refractivity contribution in [3.05, 3.63) is 17.6 Å². The van der Waals surface area contributed by atoms with Crippen LogP contribution in [-0.2, 0) is 4.74 Å². The highest BCUT2D eigenvalue weighted by atomic mass is 32.1. The van der Waals surface area contributed by atoms with Gasteiger partial charge < -0.3 is 26.1 Å². The van der Waals surface area contributed by atoms with E-state index in [0.29, 0.717) is 23.7 Å². The molecule has 1 unspecified atom stereocenters. The van der Waals surface area contributed by atoms with Gasteiger partial charge in [0.2, 0.25) is 5.95 Å². The summed E-state index contributed by atoms with van der Waals surface area (Å²) in [5.41, 5.74) is 1.58. The molecule has 0 aromatic carbocycles. The highest BCUT2D eigenvalue weighted by Gasteiger charge is 2.48. The molecule has 0 amide bonds. The first kappa shape index (κ1) is 26.3. The number of rotatable bonds is 13. The number of nitrogens with one attached hydrogen (secondary N) is 4. The Labute approximate surface area is 223 Å². The molecule has 11 heteroatoms. The van der Waals surface area contributed by atoms with Crippen LogP contribution in [-0.4, -0.2) is 94.4 Å². The molecule has 5 heterocycles. The smallest absolute Gasteiger partial charge is 0.230 e. The van der Waals surface area contributed by atoms with Crippen LogP contribution in [0.1, 0.15) is 51.1 Å². The summed E-state index contributed by atoms with van der Waals surface area (Å²) >= 11 is 1.40. The van der Waals surface area contributed by atoms with Gasteiger partial charge in [-0.2, -0.15) is 14.3 Å². The molecule has 3 atom stereocenters. The Morgan fingerprint density at radius 2 is 2.05 bits per heavy atom. The van der Waals surface area contributed by atoms with Crippen LogP contribution in [0.2, 0.25) is 0 Å². The number of nitrogens with zero attached hydrogens (tertiary/aromatic N) is 5. The molecule has 0 saturated carbocycles. The summed E-state index contributed by atoms with van der Waals surface area (Å²) in [5.74, 6) is 1.32. The van der Waals surface area contributed by atoms with Gasteiger partial charge in [-0.25, -0.2) is 0 Å². The number of likely N-dealkylation sites (tertiary alicyclic amines) is 2. The molecule has 10 nitrogen and oxygen atoms in total. The van der Waals surface area contributed by atoms with Crippen LogP contribution in [0, 0.1) is 12.3 Å². The molecule has 202 valence electrons. The second kappa shape index (κ2) is 12.0. The highest BCUT2D eigenvalue weighted by molar-refractivity contribution is 7.13. The molecule has 5 rings (SSSR count). The third kappa shape index (κ3) is 6.05. The Morgan fingerprint density at radius 3 is 2.76 bits per heavy atom. The second-order valence-corrected chi connectivity index (χ2v) is 11.4. The summed E-state index contributed by atoms with van der Waals surface area (Å²) in [5, 5.41) is 19.3. The fraction of sp³-hybridized carbons (Fsp3) is 0.692. The third-order valence-corrected chi connectivity index (χ3v) is 8.80. The minimum atomic E-state index is 0.351. The van der Waals surface area contributed by atoms with Gasteiger partial charge in [0.1, 0.15) is 5.82 Å². The number of allylic oxidation sites excluding steroid dienone is 1. The lowest BCUT2D eigenvalue weighted by atomic mass is 9.86. The number of hydrogen-bond donors (Lipinski definition) is 4. The molecule has 0 bridgehead atoms. The number of hydrogen-bond acceptors (Lipinski definition) is 11. The molecular formula is C26H41N9OS. The number of piperazine rings is 1. The van der Waals surface area contributed by atoms with E-state index in [4.69, 9.17) is 20.1 Å². The fourth-order valence-corrected chi connectivity index (χ4v) is 6.44. The predicted molar refractivity (Wildman–Crippen MR) is 151 cm³/mol. The number of fused-ring (bicyclic) bond motifs is 2. The summed E-state index contributed by atoms with van der Waals surface area (Å²) in [4.78, 5) is 15.6. The Balaban J connectivity index is 1.25. The largest absolute Gasteiger partial charge is 0.386 e. The maximum atomic E-state index is 7.88. The zero-order chi connectivity index (χ0) is 25.8. The van der Waals surface area contributed by atoms with E-state index in [2.05, 4.69) is 44.1 Å². The van der Waals surface area contributed by atoms with Crippen molar-refractivity contribution in [1.29, 1.82) is 5.41 Å². The van der Waals surface area contributed by atoms with E-state index in [0.717, 1.165) is 79.1 Å². The van der Waals surface area contributed by atoms with Gasteiger partial charge in [-0.1, -0.05) is 13.3 Å². The Kier molecular flexibility index (Phi) is 8.53. The van der Waals surface area contributed by atoms with Crippen LogP contribution in [0.4, 0.5) is 11.8 Å². The summed E-state index contributed by atoms with van der Waals surface area (Å²) in [7, 11) is 2.23. The highest BCUT2D eigenvalue weighted by Crippen LogP contribution is 2.33. The average molecular weight is 528 g/mol. The predicted octanol–water partition coefficient (Wildman–Crippen LogP) is 3.43. The lowest BCUT2D eigenvalue weighted by Gasteiger charge is -2.61. The van der Waals surface area contributed by atoms with Gasteiger partial charge in [-0.3, -0.25) is 9.80 Å². The van der Waals surface area contributed by atoms with E-state index in [1.54, 1.807) is 0 Å². The van der Waals surface area contributed by atoms with Crippen LogP contribution in [0.5, 0.6) is 0 Å². The van der Waals surface area contributed by atoms with Crippen LogP contribution in [0.3, 0.4) is 0 Å². The van der Waals surface area contributed by atoms with E-state index in [1.165, 1.54) is 43.8 Å². The van der Waals surface area contributed by atoms with Crippen molar-refractivity contribution in [1.82, 2.24) is 29.5 Å². The topological polar surface area (TPSA) is 114 Å². The molecule has 3 fully saturated rings. The van der Waals surface area contributed by atoms with E-state index in [9.17, 15) is 0 Å². The van der Waals surface area contributed by atoms with E-state index in [1.807, 2.05) is 13.1 Å². The maximum absolute atomic E-state index is 7.88. The lowest BCUT2D eigenvalue weighted by Crippen LogP contribution is -2.77. The maximum Gasteiger partial charge on any atom is 0.230 e. The van der Waals surface area contributed by atoms with E-state index < -0.39 is 0 Å². The zero-order valence-electron chi connectivity index (χ0n) is 22.3.